The van der Waals surface area contributed by atoms with Crippen LogP contribution in [0, 0.1) is 5.41 Å². The highest BCUT2D eigenvalue weighted by molar-refractivity contribution is 5.40. The molecule has 0 unspecified atom stereocenters. The predicted octanol–water partition coefficient (Wildman–Crippen LogP) is 4.22. The van der Waals surface area contributed by atoms with Crippen molar-refractivity contribution < 1.29 is 0 Å². The molecular formula is C16H26N2. The van der Waals surface area contributed by atoms with Crippen LogP contribution in [0.2, 0.25) is 0 Å². The predicted molar refractivity (Wildman–Crippen MR) is 78.2 cm³/mol. The van der Waals surface area contributed by atoms with Gasteiger partial charge in [-0.15, -0.1) is 0 Å². The third kappa shape index (κ3) is 3.04. The minimum atomic E-state index is 0.300. The topological polar surface area (TPSA) is 16.1 Å². The van der Waals surface area contributed by atoms with Crippen molar-refractivity contribution in [2.24, 2.45) is 5.41 Å². The highest BCUT2D eigenvalue weighted by Crippen LogP contribution is 2.34. The Kier molecular flexibility index (Phi) is 3.94. The molecule has 0 amide bonds. The molecule has 0 aromatic carbocycles. The summed E-state index contributed by atoms with van der Waals surface area (Å²) in [5.74, 6) is 1.69. The Morgan fingerprint density at radius 1 is 1.11 bits per heavy atom. The highest BCUT2D eigenvalue weighted by atomic mass is 15.2. The molecule has 0 aliphatic carbocycles. The summed E-state index contributed by atoms with van der Waals surface area (Å²) in [6.07, 6.45) is 6.05. The van der Waals surface area contributed by atoms with E-state index in [0.29, 0.717) is 11.3 Å². The summed E-state index contributed by atoms with van der Waals surface area (Å²) in [5, 5.41) is 0. The molecule has 2 nitrogen and oxygen atoms in total. The fraction of sp³-hybridized carbons (Fsp3) is 0.688. The summed E-state index contributed by atoms with van der Waals surface area (Å²) < 4.78 is 0. The lowest BCUT2D eigenvalue weighted by molar-refractivity contribution is 0.339. The van der Waals surface area contributed by atoms with E-state index in [1.807, 2.05) is 0 Å². The summed E-state index contributed by atoms with van der Waals surface area (Å²) in [5.41, 5.74) is 1.65. The minimum absolute atomic E-state index is 0.300. The van der Waals surface area contributed by atoms with Crippen LogP contribution in [0.25, 0.3) is 0 Å². The largest absolute Gasteiger partial charge is 0.357 e. The van der Waals surface area contributed by atoms with Gasteiger partial charge in [-0.2, -0.15) is 0 Å². The molecule has 100 valence electrons. The number of hydrogen-bond donors (Lipinski definition) is 0. The van der Waals surface area contributed by atoms with Gasteiger partial charge in [0.05, 0.1) is 0 Å². The second-order valence-corrected chi connectivity index (χ2v) is 6.59. The average molecular weight is 246 g/mol. The Morgan fingerprint density at radius 3 is 2.28 bits per heavy atom. The SMILES string of the molecule is C[C@H](c1ccc(N2CCCCC2)nc1)C(C)(C)C. The molecule has 1 saturated heterocycles. The molecule has 2 heteroatoms. The van der Waals surface area contributed by atoms with Gasteiger partial charge in [-0.1, -0.05) is 33.8 Å². The molecule has 0 spiro atoms. The van der Waals surface area contributed by atoms with Gasteiger partial charge in [-0.25, -0.2) is 4.98 Å². The smallest absolute Gasteiger partial charge is 0.128 e. The van der Waals surface area contributed by atoms with Gasteiger partial charge in [-0.3, -0.25) is 0 Å². The zero-order valence-electron chi connectivity index (χ0n) is 12.2. The Hall–Kier alpha value is -1.05. The van der Waals surface area contributed by atoms with Crippen molar-refractivity contribution in [1.29, 1.82) is 0 Å². The first-order valence-corrected chi connectivity index (χ1v) is 7.19. The molecule has 1 fully saturated rings. The van der Waals surface area contributed by atoms with Crippen LogP contribution in [0.4, 0.5) is 5.82 Å². The zero-order valence-corrected chi connectivity index (χ0v) is 12.2. The fourth-order valence-electron chi connectivity index (χ4n) is 2.46. The first-order valence-electron chi connectivity index (χ1n) is 7.19. The Morgan fingerprint density at radius 2 is 1.78 bits per heavy atom. The van der Waals surface area contributed by atoms with Crippen LogP contribution in [0.5, 0.6) is 0 Å². The van der Waals surface area contributed by atoms with Gasteiger partial charge in [0.15, 0.2) is 0 Å². The van der Waals surface area contributed by atoms with Crippen LogP contribution < -0.4 is 4.90 Å². The van der Waals surface area contributed by atoms with E-state index < -0.39 is 0 Å². The molecule has 1 aliphatic rings. The Bertz CT molecular complexity index is 369. The first-order chi connectivity index (χ1) is 8.48. The van der Waals surface area contributed by atoms with Crippen molar-refractivity contribution in [3.8, 4) is 0 Å². The summed E-state index contributed by atoms with van der Waals surface area (Å²) in [6.45, 7) is 11.5. The van der Waals surface area contributed by atoms with Gasteiger partial charge >= 0.3 is 0 Å². The van der Waals surface area contributed by atoms with E-state index in [4.69, 9.17) is 0 Å². The van der Waals surface area contributed by atoms with Crippen LogP contribution in [0.1, 0.15) is 58.4 Å². The number of hydrogen-bond acceptors (Lipinski definition) is 2. The summed E-state index contributed by atoms with van der Waals surface area (Å²) in [4.78, 5) is 7.07. The maximum atomic E-state index is 4.66. The van der Waals surface area contributed by atoms with Gasteiger partial charge in [0, 0.05) is 19.3 Å². The summed E-state index contributed by atoms with van der Waals surface area (Å²) in [7, 11) is 0. The van der Waals surface area contributed by atoms with Gasteiger partial charge < -0.3 is 4.90 Å². The molecule has 0 N–H and O–H groups in total. The van der Waals surface area contributed by atoms with E-state index >= 15 is 0 Å². The van der Waals surface area contributed by atoms with Crippen molar-refractivity contribution in [2.75, 3.05) is 18.0 Å². The van der Waals surface area contributed by atoms with Crippen molar-refractivity contribution in [3.63, 3.8) is 0 Å². The fourth-order valence-corrected chi connectivity index (χ4v) is 2.46. The first kappa shape index (κ1) is 13.4. The van der Waals surface area contributed by atoms with Crippen molar-refractivity contribution in [2.45, 2.75) is 52.9 Å². The van der Waals surface area contributed by atoms with Crippen molar-refractivity contribution >= 4 is 5.82 Å². The molecule has 1 aromatic heterocycles. The molecule has 1 aliphatic heterocycles. The molecule has 0 bridgehead atoms. The molecule has 0 radical (unpaired) electrons. The van der Waals surface area contributed by atoms with E-state index in [-0.39, 0.29) is 0 Å². The van der Waals surface area contributed by atoms with Crippen molar-refractivity contribution in [1.82, 2.24) is 4.98 Å². The molecule has 2 heterocycles. The van der Waals surface area contributed by atoms with Gasteiger partial charge in [0.1, 0.15) is 5.82 Å². The monoisotopic (exact) mass is 246 g/mol. The van der Waals surface area contributed by atoms with E-state index in [9.17, 15) is 0 Å². The van der Waals surface area contributed by atoms with E-state index in [2.05, 4.69) is 55.9 Å². The molecular weight excluding hydrogens is 220 g/mol. The number of rotatable bonds is 2. The minimum Gasteiger partial charge on any atom is -0.357 e. The summed E-state index contributed by atoms with van der Waals surface area (Å²) >= 11 is 0. The zero-order chi connectivity index (χ0) is 13.2. The molecule has 0 saturated carbocycles. The maximum Gasteiger partial charge on any atom is 0.128 e. The summed E-state index contributed by atoms with van der Waals surface area (Å²) in [6, 6.07) is 4.45. The van der Waals surface area contributed by atoms with E-state index in [1.165, 1.54) is 37.9 Å². The average Bonchev–Trinajstić information content (AvgIpc) is 2.38. The maximum absolute atomic E-state index is 4.66. The lowest BCUT2D eigenvalue weighted by atomic mass is 9.78. The standard InChI is InChI=1S/C16H26N2/c1-13(16(2,3)4)14-8-9-15(17-12-14)18-10-6-5-7-11-18/h8-9,12-13H,5-7,10-11H2,1-4H3/t13-/m1/s1. The second-order valence-electron chi connectivity index (χ2n) is 6.59. The van der Waals surface area contributed by atoms with Crippen LogP contribution in [0.15, 0.2) is 18.3 Å². The lowest BCUT2D eigenvalue weighted by Crippen LogP contribution is -2.30. The molecule has 18 heavy (non-hydrogen) atoms. The van der Waals surface area contributed by atoms with Gasteiger partial charge in [0.2, 0.25) is 0 Å². The number of piperidine rings is 1. The molecule has 1 atom stereocenters. The van der Waals surface area contributed by atoms with Crippen LogP contribution in [0.3, 0.4) is 0 Å². The Balaban J connectivity index is 2.09. The van der Waals surface area contributed by atoms with Crippen LogP contribution in [-0.2, 0) is 0 Å². The number of nitrogens with zero attached hydrogens (tertiary/aromatic N) is 2. The van der Waals surface area contributed by atoms with Crippen molar-refractivity contribution in [3.05, 3.63) is 23.9 Å². The van der Waals surface area contributed by atoms with E-state index in [0.717, 1.165) is 5.82 Å². The normalized spacial score (nSPS) is 18.8. The molecule has 1 aromatic rings. The van der Waals surface area contributed by atoms with Gasteiger partial charge in [0.25, 0.3) is 0 Å². The van der Waals surface area contributed by atoms with E-state index in [1.54, 1.807) is 0 Å². The highest BCUT2D eigenvalue weighted by Gasteiger charge is 2.22. The third-order valence-electron chi connectivity index (χ3n) is 4.25. The number of aromatic nitrogens is 1. The third-order valence-corrected chi connectivity index (χ3v) is 4.25. The lowest BCUT2D eigenvalue weighted by Gasteiger charge is -2.30. The number of pyridine rings is 1. The second kappa shape index (κ2) is 5.29. The van der Waals surface area contributed by atoms with Crippen LogP contribution >= 0.6 is 0 Å². The quantitative estimate of drug-likeness (QED) is 0.776. The molecule has 2 rings (SSSR count). The van der Waals surface area contributed by atoms with Gasteiger partial charge in [-0.05, 0) is 42.2 Å². The Labute approximate surface area is 111 Å². The van der Waals surface area contributed by atoms with Crippen LogP contribution in [-0.4, -0.2) is 18.1 Å². The number of anilines is 1.